The number of nitrogens with zero attached hydrogens (tertiary/aromatic N) is 1. The normalized spacial score (nSPS) is 11.0. The molecule has 0 saturated carbocycles. The third-order valence-electron chi connectivity index (χ3n) is 3.96. The van der Waals surface area contributed by atoms with Gasteiger partial charge in [0.1, 0.15) is 0 Å². The SMILES string of the molecule is CCCCN(CCCC)CC(=S)Nc1c(C)cc(C)cc1C. The quantitative estimate of drug-likeness (QED) is 0.625. The van der Waals surface area contributed by atoms with Gasteiger partial charge >= 0.3 is 0 Å². The molecule has 0 atom stereocenters. The van der Waals surface area contributed by atoms with E-state index in [1.54, 1.807) is 0 Å². The van der Waals surface area contributed by atoms with E-state index in [1.807, 2.05) is 0 Å². The zero-order valence-electron chi connectivity index (χ0n) is 15.0. The van der Waals surface area contributed by atoms with Crippen LogP contribution in [0.3, 0.4) is 0 Å². The fourth-order valence-corrected chi connectivity index (χ4v) is 3.08. The molecule has 0 heterocycles. The highest BCUT2D eigenvalue weighted by Gasteiger charge is 2.10. The van der Waals surface area contributed by atoms with E-state index in [4.69, 9.17) is 12.2 Å². The molecule has 0 aromatic heterocycles. The molecule has 1 rings (SSSR count). The third-order valence-corrected chi connectivity index (χ3v) is 4.20. The molecule has 1 aromatic carbocycles. The summed E-state index contributed by atoms with van der Waals surface area (Å²) >= 11 is 5.61. The summed E-state index contributed by atoms with van der Waals surface area (Å²) in [5.41, 5.74) is 5.03. The van der Waals surface area contributed by atoms with E-state index in [2.05, 4.69) is 57.0 Å². The van der Waals surface area contributed by atoms with E-state index in [-0.39, 0.29) is 0 Å². The molecule has 22 heavy (non-hydrogen) atoms. The Labute approximate surface area is 142 Å². The molecule has 0 amide bonds. The number of aryl methyl sites for hydroxylation is 3. The molecule has 2 nitrogen and oxygen atoms in total. The van der Waals surface area contributed by atoms with Crippen molar-refractivity contribution in [1.82, 2.24) is 4.90 Å². The standard InChI is InChI=1S/C19H32N2S/c1-6-8-10-21(11-9-7-2)14-18(22)20-19-16(4)12-15(3)13-17(19)5/h12-13H,6-11,14H2,1-5H3,(H,20,22). The average Bonchev–Trinajstić information content (AvgIpc) is 2.45. The van der Waals surface area contributed by atoms with Gasteiger partial charge in [0.25, 0.3) is 0 Å². The van der Waals surface area contributed by atoms with Crippen molar-refractivity contribution in [3.05, 3.63) is 28.8 Å². The van der Waals surface area contributed by atoms with Crippen LogP contribution in [0.2, 0.25) is 0 Å². The van der Waals surface area contributed by atoms with E-state index >= 15 is 0 Å². The number of unbranched alkanes of at least 4 members (excludes halogenated alkanes) is 2. The van der Waals surface area contributed by atoms with Gasteiger partial charge in [-0.25, -0.2) is 0 Å². The van der Waals surface area contributed by atoms with Crippen molar-refractivity contribution >= 4 is 22.9 Å². The minimum absolute atomic E-state index is 0.863. The van der Waals surface area contributed by atoms with E-state index in [0.717, 1.165) is 24.6 Å². The second-order valence-corrected chi connectivity index (χ2v) is 6.80. The van der Waals surface area contributed by atoms with Gasteiger partial charge in [-0.05, 0) is 57.8 Å². The fraction of sp³-hybridized carbons (Fsp3) is 0.632. The summed E-state index contributed by atoms with van der Waals surface area (Å²) in [7, 11) is 0. The molecule has 0 aliphatic carbocycles. The summed E-state index contributed by atoms with van der Waals surface area (Å²) in [5.74, 6) is 0. The van der Waals surface area contributed by atoms with E-state index < -0.39 is 0 Å². The van der Waals surface area contributed by atoms with Crippen LogP contribution in [0, 0.1) is 20.8 Å². The van der Waals surface area contributed by atoms with Crippen molar-refractivity contribution in [3.8, 4) is 0 Å². The van der Waals surface area contributed by atoms with Crippen molar-refractivity contribution in [3.63, 3.8) is 0 Å². The first-order valence-corrected chi connectivity index (χ1v) is 8.98. The molecule has 0 saturated heterocycles. The first-order valence-electron chi connectivity index (χ1n) is 8.58. The topological polar surface area (TPSA) is 15.3 Å². The Balaban J connectivity index is 2.66. The van der Waals surface area contributed by atoms with Crippen LogP contribution in [0.25, 0.3) is 0 Å². The van der Waals surface area contributed by atoms with Crippen molar-refractivity contribution in [1.29, 1.82) is 0 Å². The van der Waals surface area contributed by atoms with E-state index in [1.165, 1.54) is 48.1 Å². The van der Waals surface area contributed by atoms with Crippen LogP contribution in [-0.4, -0.2) is 29.5 Å². The maximum atomic E-state index is 5.61. The minimum atomic E-state index is 0.863. The summed E-state index contributed by atoms with van der Waals surface area (Å²) in [6.07, 6.45) is 4.96. The highest BCUT2D eigenvalue weighted by atomic mass is 32.1. The molecule has 0 aliphatic heterocycles. The maximum absolute atomic E-state index is 5.61. The lowest BCUT2D eigenvalue weighted by molar-refractivity contribution is 0.301. The van der Waals surface area contributed by atoms with Crippen molar-refractivity contribution in [2.24, 2.45) is 0 Å². The number of rotatable bonds is 9. The number of hydrogen-bond donors (Lipinski definition) is 1. The molecule has 0 bridgehead atoms. The van der Waals surface area contributed by atoms with E-state index in [9.17, 15) is 0 Å². The minimum Gasteiger partial charge on any atom is -0.349 e. The number of nitrogens with one attached hydrogen (secondary N) is 1. The van der Waals surface area contributed by atoms with Gasteiger partial charge in [-0.1, -0.05) is 56.6 Å². The molecule has 1 aromatic rings. The van der Waals surface area contributed by atoms with Crippen LogP contribution in [0.5, 0.6) is 0 Å². The number of benzene rings is 1. The van der Waals surface area contributed by atoms with Crippen molar-refractivity contribution in [2.45, 2.75) is 60.3 Å². The maximum Gasteiger partial charge on any atom is 0.0940 e. The van der Waals surface area contributed by atoms with Gasteiger partial charge in [0.2, 0.25) is 0 Å². The molecular weight excluding hydrogens is 288 g/mol. The van der Waals surface area contributed by atoms with Crippen LogP contribution < -0.4 is 5.32 Å². The van der Waals surface area contributed by atoms with Gasteiger partial charge in [-0.3, -0.25) is 4.90 Å². The lowest BCUT2D eigenvalue weighted by atomic mass is 10.1. The predicted octanol–water partition coefficient (Wildman–Crippen LogP) is 5.25. The molecule has 0 spiro atoms. The Morgan fingerprint density at radius 1 is 1.00 bits per heavy atom. The number of anilines is 1. The monoisotopic (exact) mass is 320 g/mol. The second-order valence-electron chi connectivity index (χ2n) is 6.31. The largest absolute Gasteiger partial charge is 0.349 e. The average molecular weight is 321 g/mol. The van der Waals surface area contributed by atoms with Crippen LogP contribution >= 0.6 is 12.2 Å². The molecule has 0 radical (unpaired) electrons. The number of thiocarbonyl (C=S) groups is 1. The van der Waals surface area contributed by atoms with Crippen LogP contribution in [0.15, 0.2) is 12.1 Å². The fourth-order valence-electron chi connectivity index (χ4n) is 2.79. The van der Waals surface area contributed by atoms with Gasteiger partial charge in [0.05, 0.1) is 4.99 Å². The summed E-state index contributed by atoms with van der Waals surface area (Å²) in [4.78, 5) is 3.42. The molecule has 0 aliphatic rings. The third kappa shape index (κ3) is 6.45. The second kappa shape index (κ2) is 9.96. The molecular formula is C19H32N2S. The zero-order chi connectivity index (χ0) is 16.5. The Kier molecular flexibility index (Phi) is 8.66. The molecule has 0 unspecified atom stereocenters. The lowest BCUT2D eigenvalue weighted by Crippen LogP contribution is -2.34. The first kappa shape index (κ1) is 19.1. The number of hydrogen-bond acceptors (Lipinski definition) is 2. The molecule has 1 N–H and O–H groups in total. The Bertz CT molecular complexity index is 451. The first-order chi connectivity index (χ1) is 10.5. The van der Waals surface area contributed by atoms with Crippen LogP contribution in [-0.2, 0) is 0 Å². The van der Waals surface area contributed by atoms with Crippen molar-refractivity contribution < 1.29 is 0 Å². The summed E-state index contributed by atoms with van der Waals surface area (Å²) in [6, 6.07) is 4.42. The summed E-state index contributed by atoms with van der Waals surface area (Å²) in [5, 5.41) is 3.48. The molecule has 3 heteroatoms. The van der Waals surface area contributed by atoms with Gasteiger partial charge in [-0.15, -0.1) is 0 Å². The predicted molar refractivity (Wildman–Crippen MR) is 103 cm³/mol. The van der Waals surface area contributed by atoms with Crippen molar-refractivity contribution in [2.75, 3.05) is 25.0 Å². The summed E-state index contributed by atoms with van der Waals surface area (Å²) < 4.78 is 0. The van der Waals surface area contributed by atoms with Gasteiger partial charge in [0.15, 0.2) is 0 Å². The zero-order valence-corrected chi connectivity index (χ0v) is 15.8. The Morgan fingerprint density at radius 3 is 1.95 bits per heavy atom. The smallest absolute Gasteiger partial charge is 0.0940 e. The highest BCUT2D eigenvalue weighted by Crippen LogP contribution is 2.22. The van der Waals surface area contributed by atoms with E-state index in [0.29, 0.717) is 0 Å². The lowest BCUT2D eigenvalue weighted by Gasteiger charge is -2.23. The summed E-state index contributed by atoms with van der Waals surface area (Å²) in [6.45, 7) is 14.1. The Hall–Kier alpha value is -0.930. The van der Waals surface area contributed by atoms with Gasteiger partial charge in [0, 0.05) is 12.2 Å². The molecule has 124 valence electrons. The molecule has 0 fully saturated rings. The van der Waals surface area contributed by atoms with Gasteiger partial charge < -0.3 is 5.32 Å². The van der Waals surface area contributed by atoms with Crippen LogP contribution in [0.1, 0.15) is 56.2 Å². The highest BCUT2D eigenvalue weighted by molar-refractivity contribution is 7.80. The van der Waals surface area contributed by atoms with Crippen LogP contribution in [0.4, 0.5) is 5.69 Å². The Morgan fingerprint density at radius 2 is 1.50 bits per heavy atom. The van der Waals surface area contributed by atoms with Gasteiger partial charge in [-0.2, -0.15) is 0 Å².